The van der Waals surface area contributed by atoms with E-state index in [0.717, 1.165) is 18.7 Å². The molecule has 1 aromatic rings. The number of rotatable bonds is 3. The zero-order chi connectivity index (χ0) is 10.7. The van der Waals surface area contributed by atoms with Gasteiger partial charge in [0.15, 0.2) is 0 Å². The van der Waals surface area contributed by atoms with Crippen LogP contribution in [0.2, 0.25) is 0 Å². The third-order valence-electron chi connectivity index (χ3n) is 2.92. The lowest BCUT2D eigenvalue weighted by molar-refractivity contribution is 0.101. The Kier molecular flexibility index (Phi) is 3.06. The number of anilines is 2. The van der Waals surface area contributed by atoms with Crippen LogP contribution in [-0.4, -0.2) is 24.2 Å². The Bertz CT molecular complexity index is 329. The van der Waals surface area contributed by atoms with E-state index in [1.54, 1.807) is 13.3 Å². The molecule has 0 bridgehead atoms. The fourth-order valence-electron chi connectivity index (χ4n) is 2.09. The first-order valence-electron chi connectivity index (χ1n) is 5.31. The summed E-state index contributed by atoms with van der Waals surface area (Å²) in [6.45, 7) is 0. The van der Waals surface area contributed by atoms with Gasteiger partial charge in [-0.05, 0) is 31.4 Å². The molecule has 82 valence electrons. The molecule has 0 radical (unpaired) electrons. The molecule has 1 aliphatic carbocycles. The van der Waals surface area contributed by atoms with Crippen LogP contribution in [0.15, 0.2) is 18.3 Å². The molecular weight excluding hydrogens is 190 g/mol. The molecule has 4 heteroatoms. The summed E-state index contributed by atoms with van der Waals surface area (Å²) in [4.78, 5) is 4.22. The average molecular weight is 207 g/mol. The van der Waals surface area contributed by atoms with E-state index in [4.69, 9.17) is 10.5 Å². The topological polar surface area (TPSA) is 60.2 Å². The Labute approximate surface area is 89.8 Å². The molecule has 0 spiro atoms. The standard InChI is InChI=1S/C11H17N3O/c1-15-10-6-2-5-9(10)14-11-8(12)4-3-7-13-11/h3-4,7,9-10H,2,5-6,12H2,1H3,(H,13,14). The molecule has 2 rings (SSSR count). The summed E-state index contributed by atoms with van der Waals surface area (Å²) in [6, 6.07) is 4.03. The van der Waals surface area contributed by atoms with Crippen molar-refractivity contribution in [3.8, 4) is 0 Å². The molecular formula is C11H17N3O. The number of nitrogens with one attached hydrogen (secondary N) is 1. The maximum Gasteiger partial charge on any atom is 0.149 e. The fraction of sp³-hybridized carbons (Fsp3) is 0.545. The van der Waals surface area contributed by atoms with Gasteiger partial charge in [0, 0.05) is 13.3 Å². The molecule has 1 fully saturated rings. The van der Waals surface area contributed by atoms with E-state index < -0.39 is 0 Å². The number of pyridine rings is 1. The molecule has 1 heterocycles. The average Bonchev–Trinajstić information content (AvgIpc) is 2.69. The number of nitrogens with two attached hydrogens (primary N) is 1. The van der Waals surface area contributed by atoms with Crippen LogP contribution in [-0.2, 0) is 4.74 Å². The van der Waals surface area contributed by atoms with Crippen molar-refractivity contribution >= 4 is 11.5 Å². The fourth-order valence-corrected chi connectivity index (χ4v) is 2.09. The Morgan fingerprint density at radius 3 is 3.13 bits per heavy atom. The largest absolute Gasteiger partial charge is 0.396 e. The van der Waals surface area contributed by atoms with E-state index in [0.29, 0.717) is 11.7 Å². The number of hydrogen-bond acceptors (Lipinski definition) is 4. The van der Waals surface area contributed by atoms with Crippen molar-refractivity contribution in [2.75, 3.05) is 18.2 Å². The summed E-state index contributed by atoms with van der Waals surface area (Å²) in [5.41, 5.74) is 6.51. The Morgan fingerprint density at radius 1 is 1.53 bits per heavy atom. The second-order valence-electron chi connectivity index (χ2n) is 3.90. The van der Waals surface area contributed by atoms with Crippen LogP contribution in [0, 0.1) is 0 Å². The molecule has 15 heavy (non-hydrogen) atoms. The van der Waals surface area contributed by atoms with Crippen molar-refractivity contribution in [2.24, 2.45) is 0 Å². The van der Waals surface area contributed by atoms with Gasteiger partial charge in [-0.1, -0.05) is 0 Å². The van der Waals surface area contributed by atoms with Crippen molar-refractivity contribution in [2.45, 2.75) is 31.4 Å². The first-order chi connectivity index (χ1) is 7.31. The molecule has 1 saturated carbocycles. The SMILES string of the molecule is COC1CCCC1Nc1ncccc1N. The van der Waals surface area contributed by atoms with Gasteiger partial charge in [0.1, 0.15) is 5.82 Å². The van der Waals surface area contributed by atoms with E-state index in [2.05, 4.69) is 10.3 Å². The summed E-state index contributed by atoms with van der Waals surface area (Å²) < 4.78 is 5.40. The number of hydrogen-bond donors (Lipinski definition) is 2. The Hall–Kier alpha value is -1.29. The Balaban J connectivity index is 2.05. The van der Waals surface area contributed by atoms with Gasteiger partial charge < -0.3 is 15.8 Å². The number of ether oxygens (including phenoxy) is 1. The second-order valence-corrected chi connectivity index (χ2v) is 3.90. The maximum absolute atomic E-state index is 5.82. The van der Waals surface area contributed by atoms with Crippen LogP contribution in [0.3, 0.4) is 0 Å². The van der Waals surface area contributed by atoms with Crippen molar-refractivity contribution in [3.05, 3.63) is 18.3 Å². The number of nitrogens with zero attached hydrogens (tertiary/aromatic N) is 1. The molecule has 1 aliphatic rings. The predicted molar refractivity (Wildman–Crippen MR) is 60.7 cm³/mol. The summed E-state index contributed by atoms with van der Waals surface area (Å²) in [5.74, 6) is 0.770. The van der Waals surface area contributed by atoms with Gasteiger partial charge in [0.05, 0.1) is 17.8 Å². The predicted octanol–water partition coefficient (Wildman–Crippen LogP) is 1.64. The molecule has 0 aromatic carbocycles. The maximum atomic E-state index is 5.82. The molecule has 2 atom stereocenters. The lowest BCUT2D eigenvalue weighted by Gasteiger charge is -2.20. The summed E-state index contributed by atoms with van der Waals surface area (Å²) >= 11 is 0. The second kappa shape index (κ2) is 4.49. The highest BCUT2D eigenvalue weighted by atomic mass is 16.5. The first kappa shape index (κ1) is 10.2. The molecule has 0 amide bonds. The number of nitrogen functional groups attached to an aromatic ring is 1. The molecule has 2 unspecified atom stereocenters. The number of aromatic nitrogens is 1. The van der Waals surface area contributed by atoms with Crippen LogP contribution in [0.4, 0.5) is 11.5 Å². The van der Waals surface area contributed by atoms with Gasteiger partial charge >= 0.3 is 0 Å². The monoisotopic (exact) mass is 207 g/mol. The minimum absolute atomic E-state index is 0.284. The molecule has 0 aliphatic heterocycles. The zero-order valence-corrected chi connectivity index (χ0v) is 8.94. The van der Waals surface area contributed by atoms with E-state index in [-0.39, 0.29) is 6.10 Å². The van der Waals surface area contributed by atoms with Crippen LogP contribution >= 0.6 is 0 Å². The highest BCUT2D eigenvalue weighted by Gasteiger charge is 2.27. The van der Waals surface area contributed by atoms with Gasteiger partial charge in [-0.2, -0.15) is 0 Å². The normalized spacial score (nSPS) is 25.4. The first-order valence-corrected chi connectivity index (χ1v) is 5.31. The van der Waals surface area contributed by atoms with Crippen molar-refractivity contribution in [1.82, 2.24) is 4.98 Å². The Morgan fingerprint density at radius 2 is 2.40 bits per heavy atom. The molecule has 1 aromatic heterocycles. The van der Waals surface area contributed by atoms with Crippen LogP contribution in [0.25, 0.3) is 0 Å². The van der Waals surface area contributed by atoms with E-state index in [1.165, 1.54) is 6.42 Å². The van der Waals surface area contributed by atoms with Crippen molar-refractivity contribution in [1.29, 1.82) is 0 Å². The minimum Gasteiger partial charge on any atom is -0.396 e. The van der Waals surface area contributed by atoms with Gasteiger partial charge in [-0.3, -0.25) is 0 Å². The van der Waals surface area contributed by atoms with Gasteiger partial charge in [-0.15, -0.1) is 0 Å². The number of methoxy groups -OCH3 is 1. The van der Waals surface area contributed by atoms with Crippen LogP contribution in [0.1, 0.15) is 19.3 Å². The van der Waals surface area contributed by atoms with E-state index in [9.17, 15) is 0 Å². The van der Waals surface area contributed by atoms with Crippen molar-refractivity contribution in [3.63, 3.8) is 0 Å². The molecule has 3 N–H and O–H groups in total. The van der Waals surface area contributed by atoms with Crippen molar-refractivity contribution < 1.29 is 4.74 Å². The van der Waals surface area contributed by atoms with Gasteiger partial charge in [0.25, 0.3) is 0 Å². The minimum atomic E-state index is 0.284. The summed E-state index contributed by atoms with van der Waals surface area (Å²) in [6.07, 6.45) is 5.46. The molecule has 4 nitrogen and oxygen atoms in total. The lowest BCUT2D eigenvalue weighted by atomic mass is 10.2. The zero-order valence-electron chi connectivity index (χ0n) is 8.94. The smallest absolute Gasteiger partial charge is 0.149 e. The van der Waals surface area contributed by atoms with Gasteiger partial charge in [0.2, 0.25) is 0 Å². The third kappa shape index (κ3) is 2.21. The lowest BCUT2D eigenvalue weighted by Crippen LogP contribution is -2.30. The summed E-state index contributed by atoms with van der Waals surface area (Å²) in [7, 11) is 1.76. The summed E-state index contributed by atoms with van der Waals surface area (Å²) in [5, 5.41) is 3.35. The highest BCUT2D eigenvalue weighted by Crippen LogP contribution is 2.26. The van der Waals surface area contributed by atoms with Crippen LogP contribution < -0.4 is 11.1 Å². The quantitative estimate of drug-likeness (QED) is 0.791. The van der Waals surface area contributed by atoms with E-state index in [1.807, 2.05) is 12.1 Å². The highest BCUT2D eigenvalue weighted by molar-refractivity contribution is 5.60. The van der Waals surface area contributed by atoms with Crippen LogP contribution in [0.5, 0.6) is 0 Å². The molecule has 0 saturated heterocycles. The van der Waals surface area contributed by atoms with E-state index >= 15 is 0 Å². The third-order valence-corrected chi connectivity index (χ3v) is 2.92. The van der Waals surface area contributed by atoms with Gasteiger partial charge in [-0.25, -0.2) is 4.98 Å².